The number of nitrogens with zero attached hydrogens (tertiary/aromatic N) is 3. The van der Waals surface area contributed by atoms with Crippen molar-refractivity contribution in [2.24, 2.45) is 0 Å². The SMILES string of the molecule is O=[N+]([O-])c1ccc(S(=O)(=O)Nc2ccc3n[nH]nc3c2)cc1F. The smallest absolute Gasteiger partial charge is 0.280 e. The summed E-state index contributed by atoms with van der Waals surface area (Å²) >= 11 is 0. The van der Waals surface area contributed by atoms with Gasteiger partial charge in [-0.05, 0) is 24.3 Å². The molecule has 3 aromatic rings. The van der Waals surface area contributed by atoms with Crippen molar-refractivity contribution in [3.63, 3.8) is 0 Å². The van der Waals surface area contributed by atoms with Crippen LogP contribution in [0.15, 0.2) is 41.3 Å². The number of nitrogens with one attached hydrogen (secondary N) is 2. The molecule has 0 unspecified atom stereocenters. The number of hydrogen-bond acceptors (Lipinski definition) is 6. The lowest BCUT2D eigenvalue weighted by molar-refractivity contribution is -0.387. The monoisotopic (exact) mass is 337 g/mol. The minimum absolute atomic E-state index is 0.199. The minimum atomic E-state index is -4.10. The van der Waals surface area contributed by atoms with Gasteiger partial charge in [0, 0.05) is 12.1 Å². The van der Waals surface area contributed by atoms with Gasteiger partial charge in [0.15, 0.2) is 0 Å². The van der Waals surface area contributed by atoms with Crippen molar-refractivity contribution in [1.29, 1.82) is 0 Å². The largest absolute Gasteiger partial charge is 0.304 e. The molecule has 0 fully saturated rings. The predicted molar refractivity (Wildman–Crippen MR) is 77.8 cm³/mol. The van der Waals surface area contributed by atoms with Crippen LogP contribution in [-0.4, -0.2) is 28.8 Å². The van der Waals surface area contributed by atoms with Gasteiger partial charge < -0.3 is 0 Å². The Morgan fingerprint density at radius 3 is 2.57 bits per heavy atom. The van der Waals surface area contributed by atoms with Crippen molar-refractivity contribution in [2.75, 3.05) is 4.72 Å². The van der Waals surface area contributed by atoms with Gasteiger partial charge in [-0.25, -0.2) is 8.42 Å². The van der Waals surface area contributed by atoms with Gasteiger partial charge in [-0.2, -0.15) is 19.8 Å². The molecule has 23 heavy (non-hydrogen) atoms. The molecule has 0 aliphatic rings. The average Bonchev–Trinajstić information content (AvgIpc) is 2.93. The van der Waals surface area contributed by atoms with Gasteiger partial charge in [0.25, 0.3) is 10.0 Å². The molecule has 0 atom stereocenters. The molecule has 0 spiro atoms. The molecule has 118 valence electrons. The van der Waals surface area contributed by atoms with Crippen LogP contribution in [0.1, 0.15) is 0 Å². The second kappa shape index (κ2) is 5.28. The van der Waals surface area contributed by atoms with Crippen molar-refractivity contribution >= 4 is 32.4 Å². The number of aromatic nitrogens is 3. The number of hydrogen-bond donors (Lipinski definition) is 2. The summed E-state index contributed by atoms with van der Waals surface area (Å²) in [6, 6.07) is 6.80. The standard InChI is InChI=1S/C12H8FN5O4S/c13-9-6-8(2-4-12(9)18(19)20)23(21,22)16-7-1-3-10-11(5-7)15-17-14-10/h1-6,16H,(H,14,15,17). The first-order chi connectivity index (χ1) is 10.9. The first kappa shape index (κ1) is 14.8. The Hall–Kier alpha value is -3.08. The Morgan fingerprint density at radius 2 is 1.87 bits per heavy atom. The summed E-state index contributed by atoms with van der Waals surface area (Å²) in [4.78, 5) is 9.19. The average molecular weight is 337 g/mol. The Kier molecular flexibility index (Phi) is 3.41. The molecule has 1 heterocycles. The number of H-pyrrole nitrogens is 1. The summed E-state index contributed by atoms with van der Waals surface area (Å²) in [6.45, 7) is 0. The highest BCUT2D eigenvalue weighted by Crippen LogP contribution is 2.23. The number of anilines is 1. The van der Waals surface area contributed by atoms with E-state index >= 15 is 0 Å². The van der Waals surface area contributed by atoms with E-state index in [0.29, 0.717) is 17.1 Å². The maximum absolute atomic E-state index is 13.6. The maximum Gasteiger partial charge on any atom is 0.304 e. The third-order valence-electron chi connectivity index (χ3n) is 2.99. The van der Waals surface area contributed by atoms with Crippen molar-refractivity contribution in [1.82, 2.24) is 15.4 Å². The molecular weight excluding hydrogens is 329 g/mol. The summed E-state index contributed by atoms with van der Waals surface area (Å²) in [5.41, 5.74) is 0.396. The van der Waals surface area contributed by atoms with E-state index in [1.807, 2.05) is 0 Å². The molecule has 2 aromatic carbocycles. The lowest BCUT2D eigenvalue weighted by Gasteiger charge is -2.08. The van der Waals surface area contributed by atoms with E-state index in [0.717, 1.165) is 12.1 Å². The summed E-state index contributed by atoms with van der Waals surface area (Å²) < 4.78 is 40.3. The number of fused-ring (bicyclic) bond motifs is 1. The van der Waals surface area contributed by atoms with E-state index in [1.165, 1.54) is 12.1 Å². The molecule has 0 saturated carbocycles. The molecule has 3 rings (SSSR count). The summed E-state index contributed by atoms with van der Waals surface area (Å²) in [5, 5.41) is 20.6. The van der Waals surface area contributed by atoms with Crippen molar-refractivity contribution < 1.29 is 17.7 Å². The van der Waals surface area contributed by atoms with Crippen LogP contribution in [0.2, 0.25) is 0 Å². The lowest BCUT2D eigenvalue weighted by atomic mass is 10.3. The summed E-state index contributed by atoms with van der Waals surface area (Å²) in [7, 11) is -4.10. The summed E-state index contributed by atoms with van der Waals surface area (Å²) in [5.74, 6) is -1.23. The van der Waals surface area contributed by atoms with Gasteiger partial charge in [0.05, 0.1) is 15.5 Å². The molecule has 9 nitrogen and oxygen atoms in total. The zero-order chi connectivity index (χ0) is 16.6. The fourth-order valence-corrected chi connectivity index (χ4v) is 2.98. The predicted octanol–water partition coefficient (Wildman–Crippen LogP) is 1.81. The number of sulfonamides is 1. The first-order valence-corrected chi connectivity index (χ1v) is 7.62. The van der Waals surface area contributed by atoms with Crippen molar-refractivity contribution in [3.05, 3.63) is 52.3 Å². The van der Waals surface area contributed by atoms with Crippen LogP contribution >= 0.6 is 0 Å². The van der Waals surface area contributed by atoms with Crippen LogP contribution in [0.5, 0.6) is 0 Å². The van der Waals surface area contributed by atoms with Gasteiger partial charge >= 0.3 is 5.69 Å². The van der Waals surface area contributed by atoms with Crippen LogP contribution < -0.4 is 4.72 Å². The third kappa shape index (κ3) is 2.81. The number of aromatic amines is 1. The Labute approximate surface area is 128 Å². The first-order valence-electron chi connectivity index (χ1n) is 6.14. The highest BCUT2D eigenvalue weighted by molar-refractivity contribution is 7.92. The van der Waals surface area contributed by atoms with Crippen LogP contribution in [0.3, 0.4) is 0 Å². The second-order valence-electron chi connectivity index (χ2n) is 4.50. The van der Waals surface area contributed by atoms with E-state index < -0.39 is 31.3 Å². The van der Waals surface area contributed by atoms with Crippen LogP contribution in [0.4, 0.5) is 15.8 Å². The molecule has 0 saturated heterocycles. The quantitative estimate of drug-likeness (QED) is 0.551. The van der Waals surface area contributed by atoms with Gasteiger partial charge in [0.2, 0.25) is 5.82 Å². The second-order valence-corrected chi connectivity index (χ2v) is 6.19. The fourth-order valence-electron chi connectivity index (χ4n) is 1.92. The van der Waals surface area contributed by atoms with Crippen LogP contribution in [-0.2, 0) is 10.0 Å². The maximum atomic E-state index is 13.6. The summed E-state index contributed by atoms with van der Waals surface area (Å²) in [6.07, 6.45) is 0. The Morgan fingerprint density at radius 1 is 1.13 bits per heavy atom. The van der Waals surface area contributed by atoms with E-state index in [1.54, 1.807) is 6.07 Å². The van der Waals surface area contributed by atoms with Crippen molar-refractivity contribution in [2.45, 2.75) is 4.90 Å². The third-order valence-corrected chi connectivity index (χ3v) is 4.37. The van der Waals surface area contributed by atoms with Gasteiger partial charge in [-0.1, -0.05) is 0 Å². The van der Waals surface area contributed by atoms with E-state index in [9.17, 15) is 22.9 Å². The number of halogens is 1. The molecule has 2 N–H and O–H groups in total. The molecule has 0 aliphatic carbocycles. The van der Waals surface area contributed by atoms with Gasteiger partial charge in [-0.3, -0.25) is 14.8 Å². The Bertz CT molecular complexity index is 1020. The number of nitro groups is 1. The molecule has 0 amide bonds. The normalized spacial score (nSPS) is 11.5. The molecule has 0 radical (unpaired) electrons. The van der Waals surface area contributed by atoms with Gasteiger partial charge in [0.1, 0.15) is 11.0 Å². The zero-order valence-corrected chi connectivity index (χ0v) is 12.0. The number of benzene rings is 2. The molecule has 1 aromatic heterocycles. The Balaban J connectivity index is 1.94. The molecule has 0 bridgehead atoms. The van der Waals surface area contributed by atoms with E-state index in [-0.39, 0.29) is 5.69 Å². The molecular formula is C12H8FN5O4S. The topological polar surface area (TPSA) is 131 Å². The minimum Gasteiger partial charge on any atom is -0.280 e. The van der Waals surface area contributed by atoms with E-state index in [4.69, 9.17) is 0 Å². The number of nitro benzene ring substituents is 1. The zero-order valence-electron chi connectivity index (χ0n) is 11.2. The lowest BCUT2D eigenvalue weighted by Crippen LogP contribution is -2.13. The van der Waals surface area contributed by atoms with Gasteiger partial charge in [-0.15, -0.1) is 0 Å². The highest BCUT2D eigenvalue weighted by atomic mass is 32.2. The fraction of sp³-hybridized carbons (Fsp3) is 0. The highest BCUT2D eigenvalue weighted by Gasteiger charge is 2.21. The molecule has 0 aliphatic heterocycles. The van der Waals surface area contributed by atoms with Crippen LogP contribution in [0, 0.1) is 15.9 Å². The number of rotatable bonds is 4. The van der Waals surface area contributed by atoms with Crippen LogP contribution in [0.25, 0.3) is 11.0 Å². The van der Waals surface area contributed by atoms with E-state index in [2.05, 4.69) is 20.1 Å². The molecule has 11 heteroatoms. The van der Waals surface area contributed by atoms with Crippen molar-refractivity contribution in [3.8, 4) is 0 Å².